The van der Waals surface area contributed by atoms with Gasteiger partial charge in [-0.3, -0.25) is 5.10 Å². The van der Waals surface area contributed by atoms with Crippen LogP contribution >= 0.6 is 0 Å². The summed E-state index contributed by atoms with van der Waals surface area (Å²) in [6, 6.07) is 10.2. The molecule has 0 radical (unpaired) electrons. The lowest BCUT2D eigenvalue weighted by Crippen LogP contribution is -1.88. The largest absolute Gasteiger partial charge is 0.507 e. The van der Waals surface area contributed by atoms with Crippen LogP contribution in [-0.2, 0) is 0 Å². The van der Waals surface area contributed by atoms with Gasteiger partial charge in [-0.2, -0.15) is 5.10 Å². The number of nitrogens with one attached hydrogen (secondary N) is 1. The number of benzene rings is 2. The van der Waals surface area contributed by atoms with Crippen molar-refractivity contribution in [3.05, 3.63) is 48.4 Å². The van der Waals surface area contributed by atoms with Crippen molar-refractivity contribution >= 4 is 10.8 Å². The van der Waals surface area contributed by atoms with Gasteiger partial charge >= 0.3 is 0 Å². The molecular formula is C13H9FN2O. The van der Waals surface area contributed by atoms with E-state index in [2.05, 4.69) is 10.2 Å². The molecule has 2 N–H and O–H groups in total. The zero-order valence-corrected chi connectivity index (χ0v) is 8.81. The number of nitrogens with zero attached hydrogens (tertiary/aromatic N) is 1. The third kappa shape index (κ3) is 1.45. The number of phenols is 1. The average molecular weight is 228 g/mol. The first kappa shape index (κ1) is 9.84. The van der Waals surface area contributed by atoms with Crippen molar-refractivity contribution < 1.29 is 9.50 Å². The Kier molecular flexibility index (Phi) is 2.08. The van der Waals surface area contributed by atoms with Crippen LogP contribution in [0.2, 0.25) is 0 Å². The summed E-state index contributed by atoms with van der Waals surface area (Å²) in [5.41, 5.74) is 0.618. The van der Waals surface area contributed by atoms with Crippen LogP contribution in [0.3, 0.4) is 0 Å². The fraction of sp³-hybridized carbons (Fsp3) is 0. The van der Waals surface area contributed by atoms with E-state index in [4.69, 9.17) is 0 Å². The summed E-state index contributed by atoms with van der Waals surface area (Å²) in [4.78, 5) is 0. The lowest BCUT2D eigenvalue weighted by atomic mass is 10.0. The molecule has 0 fully saturated rings. The van der Waals surface area contributed by atoms with Crippen molar-refractivity contribution in [2.75, 3.05) is 0 Å². The van der Waals surface area contributed by atoms with E-state index < -0.39 is 5.82 Å². The highest BCUT2D eigenvalue weighted by molar-refractivity contribution is 5.90. The van der Waals surface area contributed by atoms with Crippen LogP contribution in [0.1, 0.15) is 0 Å². The number of fused-ring (bicyclic) bond motifs is 1. The smallest absolute Gasteiger partial charge is 0.144 e. The second-order valence-electron chi connectivity index (χ2n) is 3.78. The van der Waals surface area contributed by atoms with Crippen LogP contribution in [-0.4, -0.2) is 15.3 Å². The Labute approximate surface area is 96.5 Å². The molecule has 0 aliphatic carbocycles. The summed E-state index contributed by atoms with van der Waals surface area (Å²) in [6.45, 7) is 0. The van der Waals surface area contributed by atoms with Crippen molar-refractivity contribution in [1.82, 2.24) is 10.2 Å². The van der Waals surface area contributed by atoms with Gasteiger partial charge in [0.25, 0.3) is 0 Å². The minimum absolute atomic E-state index is 0.0922. The van der Waals surface area contributed by atoms with Gasteiger partial charge in [-0.1, -0.05) is 24.3 Å². The monoisotopic (exact) mass is 228 g/mol. The van der Waals surface area contributed by atoms with Crippen molar-refractivity contribution in [3.8, 4) is 17.0 Å². The molecule has 17 heavy (non-hydrogen) atoms. The van der Waals surface area contributed by atoms with E-state index in [-0.39, 0.29) is 11.3 Å². The van der Waals surface area contributed by atoms with E-state index >= 15 is 0 Å². The van der Waals surface area contributed by atoms with E-state index in [1.807, 2.05) is 0 Å². The molecule has 0 atom stereocenters. The Hall–Kier alpha value is -2.36. The number of aromatic amines is 1. The van der Waals surface area contributed by atoms with E-state index in [9.17, 15) is 9.50 Å². The molecule has 84 valence electrons. The molecule has 0 aliphatic rings. The molecule has 0 amide bonds. The maximum atomic E-state index is 14.3. The van der Waals surface area contributed by atoms with Crippen LogP contribution < -0.4 is 0 Å². The van der Waals surface area contributed by atoms with E-state index in [1.54, 1.807) is 36.4 Å². The molecule has 0 unspecified atom stereocenters. The maximum Gasteiger partial charge on any atom is 0.144 e. The fourth-order valence-corrected chi connectivity index (χ4v) is 1.94. The zero-order chi connectivity index (χ0) is 11.8. The summed E-state index contributed by atoms with van der Waals surface area (Å²) in [7, 11) is 0. The first-order valence-corrected chi connectivity index (χ1v) is 5.17. The molecule has 3 rings (SSSR count). The number of hydrogen-bond acceptors (Lipinski definition) is 2. The third-order valence-corrected chi connectivity index (χ3v) is 2.74. The summed E-state index contributed by atoms with van der Waals surface area (Å²) < 4.78 is 14.3. The lowest BCUT2D eigenvalue weighted by molar-refractivity contribution is 0.473. The van der Waals surface area contributed by atoms with Gasteiger partial charge in [-0.05, 0) is 17.5 Å². The molecule has 3 aromatic rings. The number of halogens is 1. The van der Waals surface area contributed by atoms with Crippen molar-refractivity contribution in [1.29, 1.82) is 0 Å². The average Bonchev–Trinajstić information content (AvgIpc) is 2.83. The van der Waals surface area contributed by atoms with E-state index in [0.717, 1.165) is 0 Å². The van der Waals surface area contributed by atoms with Crippen LogP contribution in [0.4, 0.5) is 4.39 Å². The Morgan fingerprint density at radius 3 is 2.76 bits per heavy atom. The number of hydrogen-bond donors (Lipinski definition) is 2. The van der Waals surface area contributed by atoms with Gasteiger partial charge in [0.15, 0.2) is 0 Å². The number of aromatic hydroxyl groups is 1. The minimum Gasteiger partial charge on any atom is -0.507 e. The number of rotatable bonds is 1. The molecule has 1 heterocycles. The van der Waals surface area contributed by atoms with E-state index in [0.29, 0.717) is 16.5 Å². The molecule has 3 nitrogen and oxygen atoms in total. The van der Waals surface area contributed by atoms with Crippen LogP contribution in [0.25, 0.3) is 22.0 Å². The summed E-state index contributed by atoms with van der Waals surface area (Å²) in [5.74, 6) is -0.532. The van der Waals surface area contributed by atoms with Gasteiger partial charge in [-0.15, -0.1) is 0 Å². The van der Waals surface area contributed by atoms with Gasteiger partial charge in [0, 0.05) is 11.6 Å². The lowest BCUT2D eigenvalue weighted by Gasteiger charge is -2.07. The van der Waals surface area contributed by atoms with E-state index in [1.165, 1.54) is 6.20 Å². The molecule has 0 saturated carbocycles. The Balaban J connectivity index is 2.39. The summed E-state index contributed by atoms with van der Waals surface area (Å²) >= 11 is 0. The van der Waals surface area contributed by atoms with Gasteiger partial charge in [0.05, 0.1) is 11.3 Å². The minimum atomic E-state index is -0.440. The quantitative estimate of drug-likeness (QED) is 0.672. The molecule has 4 heteroatoms. The van der Waals surface area contributed by atoms with Gasteiger partial charge in [0.1, 0.15) is 11.6 Å². The van der Waals surface area contributed by atoms with Crippen LogP contribution in [0, 0.1) is 5.82 Å². The first-order chi connectivity index (χ1) is 8.27. The third-order valence-electron chi connectivity index (χ3n) is 2.74. The second-order valence-corrected chi connectivity index (χ2v) is 3.78. The van der Waals surface area contributed by atoms with Crippen molar-refractivity contribution in [2.24, 2.45) is 0 Å². The van der Waals surface area contributed by atoms with Crippen molar-refractivity contribution in [2.45, 2.75) is 0 Å². The summed E-state index contributed by atoms with van der Waals surface area (Å²) in [6.07, 6.45) is 1.52. The number of phenolic OH excluding ortho intramolecular Hbond substituents is 1. The molecule has 0 aliphatic heterocycles. The number of aromatic nitrogens is 2. The van der Waals surface area contributed by atoms with Gasteiger partial charge < -0.3 is 5.11 Å². The standard InChI is InChI=1S/C13H9FN2O/c14-13-9-4-2-1-3-8(9)7-11(17)12(13)10-5-6-15-16-10/h1-7,17H,(H,15,16). The van der Waals surface area contributed by atoms with Crippen LogP contribution in [0.15, 0.2) is 42.6 Å². The van der Waals surface area contributed by atoms with Crippen molar-refractivity contribution in [3.63, 3.8) is 0 Å². The normalized spacial score (nSPS) is 10.9. The Morgan fingerprint density at radius 1 is 1.18 bits per heavy atom. The molecule has 2 aromatic carbocycles. The molecule has 1 aromatic heterocycles. The Morgan fingerprint density at radius 2 is 2.00 bits per heavy atom. The highest BCUT2D eigenvalue weighted by Crippen LogP contribution is 2.35. The summed E-state index contributed by atoms with van der Waals surface area (Å²) in [5, 5.41) is 17.4. The predicted molar refractivity (Wildman–Crippen MR) is 63.2 cm³/mol. The maximum absolute atomic E-state index is 14.3. The second kappa shape index (κ2) is 3.59. The van der Waals surface area contributed by atoms with Crippen LogP contribution in [0.5, 0.6) is 5.75 Å². The first-order valence-electron chi connectivity index (χ1n) is 5.17. The highest BCUT2D eigenvalue weighted by atomic mass is 19.1. The molecule has 0 bridgehead atoms. The zero-order valence-electron chi connectivity index (χ0n) is 8.81. The molecule has 0 spiro atoms. The topological polar surface area (TPSA) is 48.9 Å². The SMILES string of the molecule is Oc1cc2ccccc2c(F)c1-c1ccn[nH]1. The van der Waals surface area contributed by atoms with Gasteiger partial charge in [0.2, 0.25) is 0 Å². The Bertz CT molecular complexity index is 677. The fourth-order valence-electron chi connectivity index (χ4n) is 1.94. The van der Waals surface area contributed by atoms with Gasteiger partial charge in [-0.25, -0.2) is 4.39 Å². The number of H-pyrrole nitrogens is 1. The predicted octanol–water partition coefficient (Wildman–Crippen LogP) is 3.07. The highest BCUT2D eigenvalue weighted by Gasteiger charge is 2.15. The molecule has 0 saturated heterocycles. The molecular weight excluding hydrogens is 219 g/mol.